The van der Waals surface area contributed by atoms with E-state index in [0.29, 0.717) is 6.61 Å². The van der Waals surface area contributed by atoms with Crippen LogP contribution in [0.15, 0.2) is 12.3 Å². The van der Waals surface area contributed by atoms with Gasteiger partial charge in [0.1, 0.15) is 3.70 Å². The molecule has 0 saturated carbocycles. The van der Waals surface area contributed by atoms with Crippen molar-refractivity contribution in [2.24, 2.45) is 0 Å². The number of esters is 1. The third kappa shape index (κ3) is 2.40. The molecule has 0 amide bonds. The molecular formula is C7H7IN2O2. The van der Waals surface area contributed by atoms with Crippen molar-refractivity contribution < 1.29 is 9.53 Å². The number of nitrogens with zero attached hydrogens (tertiary/aromatic N) is 2. The zero-order chi connectivity index (χ0) is 8.97. The molecule has 0 spiro atoms. The molecule has 12 heavy (non-hydrogen) atoms. The Balaban J connectivity index is 2.81. The Hall–Kier alpha value is -0.720. The average Bonchev–Trinajstić information content (AvgIpc) is 2.05. The Morgan fingerprint density at radius 1 is 1.75 bits per heavy atom. The highest BCUT2D eigenvalue weighted by molar-refractivity contribution is 14.1. The maximum Gasteiger partial charge on any atom is 0.376 e. The molecule has 0 fully saturated rings. The van der Waals surface area contributed by atoms with E-state index in [2.05, 4.69) is 9.97 Å². The molecule has 0 bridgehead atoms. The maximum atomic E-state index is 11.0. The van der Waals surface area contributed by atoms with Gasteiger partial charge in [0.2, 0.25) is 5.82 Å². The lowest BCUT2D eigenvalue weighted by molar-refractivity contribution is 0.0511. The van der Waals surface area contributed by atoms with Crippen molar-refractivity contribution in [1.29, 1.82) is 0 Å². The molecule has 1 heterocycles. The third-order valence-electron chi connectivity index (χ3n) is 1.08. The summed E-state index contributed by atoms with van der Waals surface area (Å²) >= 11 is 2.01. The summed E-state index contributed by atoms with van der Waals surface area (Å²) < 4.78 is 5.44. The van der Waals surface area contributed by atoms with Crippen molar-refractivity contribution >= 4 is 28.6 Å². The predicted octanol–water partition coefficient (Wildman–Crippen LogP) is 1.26. The minimum Gasteiger partial charge on any atom is -0.460 e. The number of carbonyl (C=O) groups is 1. The summed E-state index contributed by atoms with van der Waals surface area (Å²) in [5.41, 5.74) is 0. The van der Waals surface area contributed by atoms with E-state index in [1.165, 1.54) is 6.20 Å². The van der Waals surface area contributed by atoms with Gasteiger partial charge in [0.25, 0.3) is 0 Å². The van der Waals surface area contributed by atoms with Crippen LogP contribution in [-0.2, 0) is 4.74 Å². The van der Waals surface area contributed by atoms with Crippen LogP contribution in [0.4, 0.5) is 0 Å². The van der Waals surface area contributed by atoms with E-state index in [1.807, 2.05) is 22.6 Å². The molecule has 0 atom stereocenters. The highest BCUT2D eigenvalue weighted by atomic mass is 127. The number of ether oxygens (including phenoxy) is 1. The Labute approximate surface area is 83.5 Å². The zero-order valence-electron chi connectivity index (χ0n) is 6.45. The molecular weight excluding hydrogens is 271 g/mol. The summed E-state index contributed by atoms with van der Waals surface area (Å²) in [4.78, 5) is 18.7. The van der Waals surface area contributed by atoms with E-state index in [4.69, 9.17) is 4.74 Å². The van der Waals surface area contributed by atoms with Crippen LogP contribution in [-0.4, -0.2) is 22.5 Å². The largest absolute Gasteiger partial charge is 0.460 e. The second kappa shape index (κ2) is 4.34. The molecule has 0 saturated heterocycles. The molecule has 5 heteroatoms. The molecule has 0 aliphatic carbocycles. The van der Waals surface area contributed by atoms with Gasteiger partial charge in [-0.3, -0.25) is 0 Å². The first-order valence-electron chi connectivity index (χ1n) is 3.39. The van der Waals surface area contributed by atoms with Crippen molar-refractivity contribution in [2.75, 3.05) is 6.61 Å². The van der Waals surface area contributed by atoms with Gasteiger partial charge in [0, 0.05) is 6.20 Å². The van der Waals surface area contributed by atoms with Gasteiger partial charge < -0.3 is 4.74 Å². The standard InChI is InChI=1S/C7H7IN2O2/c1-2-12-7(11)6-9-4-3-5(8)10-6/h3-4H,2H2,1H3. The first kappa shape index (κ1) is 9.37. The van der Waals surface area contributed by atoms with Crippen molar-refractivity contribution in [3.05, 3.63) is 21.8 Å². The van der Waals surface area contributed by atoms with Gasteiger partial charge in [-0.05, 0) is 35.6 Å². The lowest BCUT2D eigenvalue weighted by Gasteiger charge is -1.98. The van der Waals surface area contributed by atoms with Crippen LogP contribution in [0.1, 0.15) is 17.5 Å². The molecule has 1 aromatic rings. The van der Waals surface area contributed by atoms with Crippen LogP contribution >= 0.6 is 22.6 Å². The summed E-state index contributed by atoms with van der Waals surface area (Å²) in [5.74, 6) is -0.361. The van der Waals surface area contributed by atoms with E-state index in [-0.39, 0.29) is 5.82 Å². The Bertz CT molecular complexity index is 290. The zero-order valence-corrected chi connectivity index (χ0v) is 8.61. The number of carbonyl (C=O) groups excluding carboxylic acids is 1. The summed E-state index contributed by atoms with van der Waals surface area (Å²) in [6.45, 7) is 2.08. The highest BCUT2D eigenvalue weighted by Crippen LogP contribution is 2.00. The SMILES string of the molecule is CCOC(=O)c1nccc(I)n1. The molecule has 0 aromatic carbocycles. The maximum absolute atomic E-state index is 11.0. The molecule has 0 N–H and O–H groups in total. The van der Waals surface area contributed by atoms with E-state index in [1.54, 1.807) is 13.0 Å². The number of halogens is 1. The van der Waals surface area contributed by atoms with E-state index >= 15 is 0 Å². The molecule has 64 valence electrons. The van der Waals surface area contributed by atoms with Crippen LogP contribution in [0.3, 0.4) is 0 Å². The minimum absolute atomic E-state index is 0.115. The Kier molecular flexibility index (Phi) is 3.39. The van der Waals surface area contributed by atoms with Gasteiger partial charge in [-0.25, -0.2) is 14.8 Å². The van der Waals surface area contributed by atoms with E-state index < -0.39 is 5.97 Å². The second-order valence-electron chi connectivity index (χ2n) is 1.92. The van der Waals surface area contributed by atoms with E-state index in [0.717, 1.165) is 3.70 Å². The second-order valence-corrected chi connectivity index (χ2v) is 3.03. The van der Waals surface area contributed by atoms with Crippen molar-refractivity contribution in [3.63, 3.8) is 0 Å². The lowest BCUT2D eigenvalue weighted by atomic mass is 10.5. The molecule has 0 unspecified atom stereocenters. The smallest absolute Gasteiger partial charge is 0.376 e. The predicted molar refractivity (Wildman–Crippen MR) is 50.7 cm³/mol. The van der Waals surface area contributed by atoms with Gasteiger partial charge in [-0.2, -0.15) is 0 Å². The molecule has 1 rings (SSSR count). The minimum atomic E-state index is -0.476. The number of hydrogen-bond acceptors (Lipinski definition) is 4. The topological polar surface area (TPSA) is 52.1 Å². The van der Waals surface area contributed by atoms with Crippen LogP contribution in [0.5, 0.6) is 0 Å². The fraction of sp³-hybridized carbons (Fsp3) is 0.286. The van der Waals surface area contributed by atoms with Crippen LogP contribution in [0.2, 0.25) is 0 Å². The fourth-order valence-electron chi connectivity index (χ4n) is 0.631. The van der Waals surface area contributed by atoms with Gasteiger partial charge in [-0.1, -0.05) is 0 Å². The van der Waals surface area contributed by atoms with Gasteiger partial charge in [0.15, 0.2) is 0 Å². The Morgan fingerprint density at radius 2 is 2.50 bits per heavy atom. The monoisotopic (exact) mass is 278 g/mol. The van der Waals surface area contributed by atoms with Crippen molar-refractivity contribution in [3.8, 4) is 0 Å². The normalized spacial score (nSPS) is 9.50. The van der Waals surface area contributed by atoms with E-state index in [9.17, 15) is 4.79 Å². The molecule has 0 radical (unpaired) electrons. The van der Waals surface area contributed by atoms with Crippen molar-refractivity contribution in [1.82, 2.24) is 9.97 Å². The third-order valence-corrected chi connectivity index (χ3v) is 1.68. The average molecular weight is 278 g/mol. The van der Waals surface area contributed by atoms with Crippen LogP contribution in [0, 0.1) is 3.70 Å². The molecule has 1 aromatic heterocycles. The summed E-state index contributed by atoms with van der Waals surface area (Å²) in [7, 11) is 0. The number of rotatable bonds is 2. The lowest BCUT2D eigenvalue weighted by Crippen LogP contribution is -2.09. The van der Waals surface area contributed by atoms with Gasteiger partial charge in [0.05, 0.1) is 6.61 Å². The molecule has 0 aliphatic rings. The van der Waals surface area contributed by atoms with Crippen molar-refractivity contribution in [2.45, 2.75) is 6.92 Å². The van der Waals surface area contributed by atoms with Crippen LogP contribution < -0.4 is 0 Å². The number of aromatic nitrogens is 2. The van der Waals surface area contributed by atoms with Gasteiger partial charge >= 0.3 is 5.97 Å². The summed E-state index contributed by atoms with van der Waals surface area (Å²) in [5, 5.41) is 0. The number of hydrogen-bond donors (Lipinski definition) is 0. The molecule has 0 aliphatic heterocycles. The fourth-order valence-corrected chi connectivity index (χ4v) is 1.02. The quantitative estimate of drug-likeness (QED) is 0.464. The molecule has 4 nitrogen and oxygen atoms in total. The first-order chi connectivity index (χ1) is 5.74. The first-order valence-corrected chi connectivity index (χ1v) is 4.47. The van der Waals surface area contributed by atoms with Gasteiger partial charge in [-0.15, -0.1) is 0 Å². The Morgan fingerprint density at radius 3 is 3.08 bits per heavy atom. The van der Waals surface area contributed by atoms with Crippen LogP contribution in [0.25, 0.3) is 0 Å². The summed E-state index contributed by atoms with van der Waals surface area (Å²) in [6, 6.07) is 1.71. The highest BCUT2D eigenvalue weighted by Gasteiger charge is 2.08. The summed E-state index contributed by atoms with van der Waals surface area (Å²) in [6.07, 6.45) is 1.53.